The van der Waals surface area contributed by atoms with Crippen LogP contribution in [0.5, 0.6) is 0 Å². The number of hydrogen-bond donors (Lipinski definition) is 1. The van der Waals surface area contributed by atoms with Gasteiger partial charge >= 0.3 is 0 Å². The third-order valence-electron chi connectivity index (χ3n) is 2.00. The van der Waals surface area contributed by atoms with Gasteiger partial charge in [0, 0.05) is 18.7 Å². The fraction of sp³-hybridized carbons (Fsp3) is 0.556. The third-order valence-corrected chi connectivity index (χ3v) is 2.00. The molecule has 0 saturated heterocycles. The van der Waals surface area contributed by atoms with Crippen LogP contribution in [0.4, 0.5) is 0 Å². The maximum absolute atomic E-state index is 5.22. The Morgan fingerprint density at radius 2 is 2.36 bits per heavy atom. The van der Waals surface area contributed by atoms with Crippen LogP contribution in [0.25, 0.3) is 0 Å². The number of likely N-dealkylation sites (N-methyl/N-ethyl adjacent to an activating group) is 1. The molecule has 2 heteroatoms. The van der Waals surface area contributed by atoms with Gasteiger partial charge in [0.2, 0.25) is 0 Å². The molecule has 2 nitrogen and oxygen atoms in total. The molecular weight excluding hydrogens is 138 g/mol. The lowest BCUT2D eigenvalue weighted by Crippen LogP contribution is -2.12. The third kappa shape index (κ3) is 1.76. The summed E-state index contributed by atoms with van der Waals surface area (Å²) in [6.45, 7) is 2.16. The average molecular weight is 153 g/mol. The summed E-state index contributed by atoms with van der Waals surface area (Å²) in [6.07, 6.45) is 5.30. The van der Waals surface area contributed by atoms with E-state index in [0.29, 0.717) is 5.92 Å². The molecule has 0 aromatic rings. The molecule has 0 aromatic carbocycles. The second-order valence-corrected chi connectivity index (χ2v) is 2.80. The molecule has 1 aliphatic carbocycles. The van der Waals surface area contributed by atoms with Crippen LogP contribution < -0.4 is 5.32 Å². The van der Waals surface area contributed by atoms with Gasteiger partial charge in [0.15, 0.2) is 0 Å². The summed E-state index contributed by atoms with van der Waals surface area (Å²) >= 11 is 0. The average Bonchev–Trinajstić information content (AvgIpc) is 2.05. The maximum atomic E-state index is 5.22. The van der Waals surface area contributed by atoms with Crippen LogP contribution in [0.1, 0.15) is 13.3 Å². The lowest BCUT2D eigenvalue weighted by atomic mass is 9.99. The highest BCUT2D eigenvalue weighted by molar-refractivity contribution is 5.24. The van der Waals surface area contributed by atoms with E-state index in [0.717, 1.165) is 17.9 Å². The van der Waals surface area contributed by atoms with Crippen molar-refractivity contribution in [2.75, 3.05) is 14.2 Å². The summed E-state index contributed by atoms with van der Waals surface area (Å²) in [5.41, 5.74) is 1.15. The van der Waals surface area contributed by atoms with Gasteiger partial charge in [-0.1, -0.05) is 13.0 Å². The van der Waals surface area contributed by atoms with Gasteiger partial charge in [-0.15, -0.1) is 0 Å². The van der Waals surface area contributed by atoms with Gasteiger partial charge in [0.25, 0.3) is 0 Å². The highest BCUT2D eigenvalue weighted by Gasteiger charge is 2.12. The first kappa shape index (κ1) is 8.18. The van der Waals surface area contributed by atoms with E-state index >= 15 is 0 Å². The molecule has 0 saturated carbocycles. The van der Waals surface area contributed by atoms with Crippen LogP contribution in [0.2, 0.25) is 0 Å². The molecule has 0 heterocycles. The van der Waals surface area contributed by atoms with Crippen LogP contribution in [-0.2, 0) is 4.74 Å². The van der Waals surface area contributed by atoms with E-state index in [1.165, 1.54) is 0 Å². The molecule has 0 radical (unpaired) electrons. The molecule has 1 atom stereocenters. The molecule has 1 rings (SSSR count). The second kappa shape index (κ2) is 3.46. The minimum absolute atomic E-state index is 0.525. The van der Waals surface area contributed by atoms with E-state index in [1.807, 2.05) is 13.1 Å². The van der Waals surface area contributed by atoms with Crippen LogP contribution in [0.15, 0.2) is 23.6 Å². The molecule has 62 valence electrons. The summed E-state index contributed by atoms with van der Waals surface area (Å²) in [7, 11) is 3.65. The first-order valence-electron chi connectivity index (χ1n) is 3.91. The van der Waals surface area contributed by atoms with Crippen LogP contribution in [-0.4, -0.2) is 14.2 Å². The molecule has 11 heavy (non-hydrogen) atoms. The lowest BCUT2D eigenvalue weighted by Gasteiger charge is -2.18. The van der Waals surface area contributed by atoms with E-state index in [9.17, 15) is 0 Å². The Hall–Kier alpha value is -0.920. The molecule has 0 spiro atoms. The predicted octanol–water partition coefficient (Wildman–Crippen LogP) is 1.66. The summed E-state index contributed by atoms with van der Waals surface area (Å²) < 4.78 is 5.22. The van der Waals surface area contributed by atoms with Crippen molar-refractivity contribution in [3.63, 3.8) is 0 Å². The molecule has 1 aliphatic rings. The highest BCUT2D eigenvalue weighted by Crippen LogP contribution is 2.22. The Balaban J connectivity index is 2.71. The minimum atomic E-state index is 0.525. The molecule has 0 aromatic heterocycles. The fourth-order valence-corrected chi connectivity index (χ4v) is 1.21. The summed E-state index contributed by atoms with van der Waals surface area (Å²) in [4.78, 5) is 0. The molecule has 1 N–H and O–H groups in total. The Morgan fingerprint density at radius 1 is 1.64 bits per heavy atom. The van der Waals surface area contributed by atoms with Gasteiger partial charge in [0.05, 0.1) is 7.11 Å². The van der Waals surface area contributed by atoms with Crippen molar-refractivity contribution < 1.29 is 4.74 Å². The molecular formula is C9H15NO. The SMILES string of the molecule is CNC1=CCC(C)C(OC)=C1. The number of allylic oxidation sites excluding steroid dienone is 3. The van der Waals surface area contributed by atoms with E-state index in [4.69, 9.17) is 4.74 Å². The van der Waals surface area contributed by atoms with E-state index in [1.54, 1.807) is 7.11 Å². The predicted molar refractivity (Wildman–Crippen MR) is 46.0 cm³/mol. The topological polar surface area (TPSA) is 21.3 Å². The standard InChI is InChI=1S/C9H15NO/c1-7-4-5-8(10-2)6-9(7)11-3/h5-7,10H,4H2,1-3H3. The summed E-state index contributed by atoms with van der Waals surface area (Å²) in [6, 6.07) is 0. The highest BCUT2D eigenvalue weighted by atomic mass is 16.5. The van der Waals surface area contributed by atoms with Gasteiger partial charge in [-0.25, -0.2) is 0 Å². The zero-order valence-electron chi connectivity index (χ0n) is 7.35. The number of ether oxygens (including phenoxy) is 1. The number of hydrogen-bond acceptors (Lipinski definition) is 2. The Bertz CT molecular complexity index is 194. The monoisotopic (exact) mass is 153 g/mol. The lowest BCUT2D eigenvalue weighted by molar-refractivity contribution is 0.245. The van der Waals surface area contributed by atoms with Crippen molar-refractivity contribution in [1.82, 2.24) is 5.32 Å². The van der Waals surface area contributed by atoms with Crippen molar-refractivity contribution in [2.24, 2.45) is 5.92 Å². The van der Waals surface area contributed by atoms with Crippen molar-refractivity contribution in [3.8, 4) is 0 Å². The summed E-state index contributed by atoms with van der Waals surface area (Å²) in [5, 5.41) is 3.09. The van der Waals surface area contributed by atoms with E-state index in [-0.39, 0.29) is 0 Å². The van der Waals surface area contributed by atoms with E-state index < -0.39 is 0 Å². The number of rotatable bonds is 2. The van der Waals surface area contributed by atoms with Gasteiger partial charge in [-0.2, -0.15) is 0 Å². The van der Waals surface area contributed by atoms with Crippen LogP contribution >= 0.6 is 0 Å². The van der Waals surface area contributed by atoms with Crippen molar-refractivity contribution >= 4 is 0 Å². The van der Waals surface area contributed by atoms with Gasteiger partial charge in [-0.05, 0) is 12.5 Å². The Morgan fingerprint density at radius 3 is 2.91 bits per heavy atom. The molecule has 0 amide bonds. The number of nitrogens with one attached hydrogen (secondary N) is 1. The van der Waals surface area contributed by atoms with Gasteiger partial charge < -0.3 is 10.1 Å². The Labute approximate surface area is 67.9 Å². The first-order valence-corrected chi connectivity index (χ1v) is 3.91. The van der Waals surface area contributed by atoms with Crippen LogP contribution in [0, 0.1) is 5.92 Å². The fourth-order valence-electron chi connectivity index (χ4n) is 1.21. The van der Waals surface area contributed by atoms with E-state index in [2.05, 4.69) is 18.3 Å². The molecule has 0 fully saturated rings. The second-order valence-electron chi connectivity index (χ2n) is 2.80. The van der Waals surface area contributed by atoms with Crippen molar-refractivity contribution in [3.05, 3.63) is 23.6 Å². The zero-order valence-corrected chi connectivity index (χ0v) is 7.35. The van der Waals surface area contributed by atoms with Gasteiger partial charge in [0.1, 0.15) is 5.76 Å². The normalized spacial score (nSPS) is 23.7. The minimum Gasteiger partial charge on any atom is -0.501 e. The molecule has 0 aliphatic heterocycles. The first-order chi connectivity index (χ1) is 5.27. The van der Waals surface area contributed by atoms with Crippen molar-refractivity contribution in [2.45, 2.75) is 13.3 Å². The largest absolute Gasteiger partial charge is 0.501 e. The Kier molecular flexibility index (Phi) is 2.58. The quantitative estimate of drug-likeness (QED) is 0.651. The molecule has 0 bridgehead atoms. The van der Waals surface area contributed by atoms with Crippen LogP contribution in [0.3, 0.4) is 0 Å². The summed E-state index contributed by atoms with van der Waals surface area (Å²) in [5.74, 6) is 1.59. The molecule has 1 unspecified atom stereocenters. The number of methoxy groups -OCH3 is 1. The smallest absolute Gasteiger partial charge is 0.101 e. The van der Waals surface area contributed by atoms with Crippen molar-refractivity contribution in [1.29, 1.82) is 0 Å². The van der Waals surface area contributed by atoms with Gasteiger partial charge in [-0.3, -0.25) is 0 Å². The zero-order chi connectivity index (χ0) is 8.27. The maximum Gasteiger partial charge on any atom is 0.101 e.